The molecule has 1 aromatic rings. The van der Waals surface area contributed by atoms with Gasteiger partial charge >= 0.3 is 5.97 Å². The van der Waals surface area contributed by atoms with E-state index in [2.05, 4.69) is 21.2 Å². The van der Waals surface area contributed by atoms with E-state index >= 15 is 0 Å². The second kappa shape index (κ2) is 6.62. The van der Waals surface area contributed by atoms with Crippen molar-refractivity contribution in [2.75, 3.05) is 13.1 Å². The van der Waals surface area contributed by atoms with Crippen LogP contribution in [0.25, 0.3) is 0 Å². The fraction of sp³-hybridized carbons (Fsp3) is 0.571. The van der Waals surface area contributed by atoms with Crippen molar-refractivity contribution in [3.8, 4) is 0 Å². The molecule has 0 atom stereocenters. The van der Waals surface area contributed by atoms with Gasteiger partial charge in [0.25, 0.3) is 5.91 Å². The Labute approximate surface area is 131 Å². The molecular formula is C14H19BrN2O4. The molecule has 0 spiro atoms. The number of nitrogens with one attached hydrogen (secondary N) is 1. The van der Waals surface area contributed by atoms with Crippen molar-refractivity contribution in [1.82, 2.24) is 10.2 Å². The van der Waals surface area contributed by atoms with E-state index in [1.807, 2.05) is 18.7 Å². The summed E-state index contributed by atoms with van der Waals surface area (Å²) < 4.78 is 5.85. The van der Waals surface area contributed by atoms with Crippen LogP contribution >= 0.6 is 15.9 Å². The lowest BCUT2D eigenvalue weighted by molar-refractivity contribution is -0.139. The number of amides is 1. The number of aryl methyl sites for hydroxylation is 1. The van der Waals surface area contributed by atoms with Crippen LogP contribution in [0.3, 0.4) is 0 Å². The molecule has 6 nitrogen and oxygen atoms in total. The van der Waals surface area contributed by atoms with Gasteiger partial charge in [-0.1, -0.05) is 6.92 Å². The third-order valence-corrected chi connectivity index (χ3v) is 4.19. The predicted molar refractivity (Wildman–Crippen MR) is 80.3 cm³/mol. The molecule has 1 amide bonds. The fourth-order valence-electron chi connectivity index (χ4n) is 2.60. The maximum atomic E-state index is 12.1. The van der Waals surface area contributed by atoms with Gasteiger partial charge in [0.1, 0.15) is 0 Å². The van der Waals surface area contributed by atoms with Crippen LogP contribution in [0.1, 0.15) is 35.9 Å². The molecule has 1 aromatic heterocycles. The molecule has 0 saturated heterocycles. The summed E-state index contributed by atoms with van der Waals surface area (Å²) in [5.74, 6) is -0.716. The van der Waals surface area contributed by atoms with Gasteiger partial charge in [-0.25, -0.2) is 0 Å². The highest BCUT2D eigenvalue weighted by Gasteiger charge is 2.35. The van der Waals surface area contributed by atoms with Crippen molar-refractivity contribution < 1.29 is 19.1 Å². The Bertz CT molecular complexity index is 537. The average molecular weight is 359 g/mol. The number of furan rings is 1. The minimum atomic E-state index is -0.819. The smallest absolute Gasteiger partial charge is 0.317 e. The zero-order valence-corrected chi connectivity index (χ0v) is 13.6. The Hall–Kier alpha value is -1.34. The Morgan fingerprint density at radius 3 is 2.67 bits per heavy atom. The summed E-state index contributed by atoms with van der Waals surface area (Å²) in [5.41, 5.74) is 0.788. The topological polar surface area (TPSA) is 82.8 Å². The number of rotatable bonds is 6. The maximum Gasteiger partial charge on any atom is 0.317 e. The van der Waals surface area contributed by atoms with Gasteiger partial charge in [0.2, 0.25) is 0 Å². The largest absolute Gasteiger partial charge is 0.480 e. The molecule has 1 saturated carbocycles. The summed E-state index contributed by atoms with van der Waals surface area (Å²) in [5, 5.41) is 11.8. The molecule has 1 fully saturated rings. The minimum absolute atomic E-state index is 0.0477. The van der Waals surface area contributed by atoms with Crippen LogP contribution in [0.5, 0.6) is 0 Å². The normalized spacial score (nSPS) is 21.1. The number of aliphatic carboxylic acids is 1. The Morgan fingerprint density at radius 2 is 2.19 bits per heavy atom. The lowest BCUT2D eigenvalue weighted by atomic mass is 9.85. The summed E-state index contributed by atoms with van der Waals surface area (Å²) in [6.07, 6.45) is 1.54. The van der Waals surface area contributed by atoms with Crippen LogP contribution in [0.15, 0.2) is 15.2 Å². The van der Waals surface area contributed by atoms with E-state index in [4.69, 9.17) is 9.52 Å². The minimum Gasteiger partial charge on any atom is -0.480 e. The van der Waals surface area contributed by atoms with Crippen molar-refractivity contribution in [1.29, 1.82) is 0 Å². The van der Waals surface area contributed by atoms with Gasteiger partial charge in [-0.15, -0.1) is 0 Å². The van der Waals surface area contributed by atoms with Crippen LogP contribution in [-0.2, 0) is 4.79 Å². The van der Waals surface area contributed by atoms with Gasteiger partial charge in [-0.05, 0) is 48.3 Å². The monoisotopic (exact) mass is 358 g/mol. The lowest BCUT2D eigenvalue weighted by Gasteiger charge is -2.42. The first-order valence-corrected chi connectivity index (χ1v) is 7.72. The standard InChI is InChI=1S/C14H19BrN2O4/c1-3-17(7-12(18)19)10-5-9(6-10)16-14(20)13-8(2)4-11(15)21-13/h4,9-10H,3,5-7H2,1-2H3,(H,16,20)(H,18,19). The fourth-order valence-corrected chi connectivity index (χ4v) is 3.10. The highest BCUT2D eigenvalue weighted by molar-refractivity contribution is 9.10. The summed E-state index contributed by atoms with van der Waals surface area (Å²) in [6.45, 7) is 4.50. The van der Waals surface area contributed by atoms with Crippen LogP contribution in [0.4, 0.5) is 0 Å². The second-order valence-electron chi connectivity index (χ2n) is 5.32. The van der Waals surface area contributed by atoms with E-state index < -0.39 is 5.97 Å². The summed E-state index contributed by atoms with van der Waals surface area (Å²) in [6, 6.07) is 2.05. The number of nitrogens with zero attached hydrogens (tertiary/aromatic N) is 1. The molecule has 0 radical (unpaired) electrons. The molecule has 0 aromatic carbocycles. The van der Waals surface area contributed by atoms with E-state index in [0.29, 0.717) is 17.0 Å². The number of carboxylic acids is 1. The number of hydrogen-bond donors (Lipinski definition) is 2. The van der Waals surface area contributed by atoms with Crippen LogP contribution in [0, 0.1) is 6.92 Å². The van der Waals surface area contributed by atoms with Gasteiger partial charge in [-0.2, -0.15) is 0 Å². The van der Waals surface area contributed by atoms with Crippen LogP contribution in [-0.4, -0.2) is 47.1 Å². The van der Waals surface area contributed by atoms with E-state index in [9.17, 15) is 9.59 Å². The number of halogens is 1. The van der Waals surface area contributed by atoms with Gasteiger partial charge in [-0.3, -0.25) is 14.5 Å². The van der Waals surface area contributed by atoms with Crippen molar-refractivity contribution in [2.24, 2.45) is 0 Å². The molecule has 0 bridgehead atoms. The number of likely N-dealkylation sites (N-methyl/N-ethyl adjacent to an activating group) is 1. The average Bonchev–Trinajstić information content (AvgIpc) is 2.69. The lowest BCUT2D eigenvalue weighted by Crippen LogP contribution is -2.54. The molecule has 0 unspecified atom stereocenters. The number of carbonyl (C=O) groups excluding carboxylic acids is 1. The van der Waals surface area contributed by atoms with Gasteiger partial charge < -0.3 is 14.8 Å². The zero-order chi connectivity index (χ0) is 15.6. The van der Waals surface area contributed by atoms with Crippen LogP contribution in [0.2, 0.25) is 0 Å². The van der Waals surface area contributed by atoms with E-state index in [1.54, 1.807) is 6.07 Å². The molecular weight excluding hydrogens is 340 g/mol. The zero-order valence-electron chi connectivity index (χ0n) is 12.1. The molecule has 21 heavy (non-hydrogen) atoms. The highest BCUT2D eigenvalue weighted by Crippen LogP contribution is 2.26. The van der Waals surface area contributed by atoms with Gasteiger partial charge in [0.15, 0.2) is 10.4 Å². The number of carboxylic acid groups (broad SMARTS) is 1. The third-order valence-electron chi connectivity index (χ3n) is 3.80. The third kappa shape index (κ3) is 3.85. The maximum absolute atomic E-state index is 12.1. The molecule has 1 aliphatic rings. The van der Waals surface area contributed by atoms with Crippen molar-refractivity contribution in [2.45, 2.75) is 38.8 Å². The summed E-state index contributed by atoms with van der Waals surface area (Å²) in [7, 11) is 0. The molecule has 0 aliphatic heterocycles. The quantitative estimate of drug-likeness (QED) is 0.812. The summed E-state index contributed by atoms with van der Waals surface area (Å²) >= 11 is 3.20. The first kappa shape index (κ1) is 16.0. The second-order valence-corrected chi connectivity index (χ2v) is 6.10. The molecule has 7 heteroatoms. The van der Waals surface area contributed by atoms with Crippen molar-refractivity contribution in [3.63, 3.8) is 0 Å². The molecule has 1 heterocycles. The molecule has 2 N–H and O–H groups in total. The first-order valence-electron chi connectivity index (χ1n) is 6.93. The van der Waals surface area contributed by atoms with Gasteiger partial charge in [0, 0.05) is 17.6 Å². The Morgan fingerprint density at radius 1 is 1.52 bits per heavy atom. The predicted octanol–water partition coefficient (Wildman–Crippen LogP) is 2.02. The molecule has 116 valence electrons. The Balaban J connectivity index is 1.83. The van der Waals surface area contributed by atoms with E-state index in [-0.39, 0.29) is 24.5 Å². The van der Waals surface area contributed by atoms with Crippen molar-refractivity contribution >= 4 is 27.8 Å². The van der Waals surface area contributed by atoms with E-state index in [1.165, 1.54) is 0 Å². The number of hydrogen-bond acceptors (Lipinski definition) is 4. The Kier molecular flexibility index (Phi) is 5.05. The van der Waals surface area contributed by atoms with E-state index in [0.717, 1.165) is 18.4 Å². The first-order chi connectivity index (χ1) is 9.90. The van der Waals surface area contributed by atoms with Crippen molar-refractivity contribution in [3.05, 3.63) is 22.1 Å². The molecule has 1 aliphatic carbocycles. The highest BCUT2D eigenvalue weighted by atomic mass is 79.9. The molecule has 2 rings (SSSR count). The van der Waals surface area contributed by atoms with Crippen LogP contribution < -0.4 is 5.32 Å². The SMILES string of the molecule is CCN(CC(=O)O)C1CC(NC(=O)c2oc(Br)cc2C)C1. The number of carbonyl (C=O) groups is 2. The van der Waals surface area contributed by atoms with Gasteiger partial charge in [0.05, 0.1) is 6.54 Å². The summed E-state index contributed by atoms with van der Waals surface area (Å²) in [4.78, 5) is 24.8.